The van der Waals surface area contributed by atoms with Crippen molar-refractivity contribution in [3.63, 3.8) is 0 Å². The van der Waals surface area contributed by atoms with E-state index in [2.05, 4.69) is 5.32 Å². The summed E-state index contributed by atoms with van der Waals surface area (Å²) >= 11 is 0. The summed E-state index contributed by atoms with van der Waals surface area (Å²) in [6.45, 7) is 2.37. The molecule has 0 saturated carbocycles. The van der Waals surface area contributed by atoms with Crippen LogP contribution in [0.4, 0.5) is 5.69 Å². The Morgan fingerprint density at radius 2 is 1.92 bits per heavy atom. The molecular formula is C20H21NO4. The van der Waals surface area contributed by atoms with E-state index in [9.17, 15) is 9.59 Å². The van der Waals surface area contributed by atoms with Crippen LogP contribution in [0.2, 0.25) is 0 Å². The van der Waals surface area contributed by atoms with E-state index in [1.165, 1.54) is 6.07 Å². The zero-order valence-corrected chi connectivity index (χ0v) is 14.1. The fourth-order valence-corrected chi connectivity index (χ4v) is 3.24. The second-order valence-electron chi connectivity index (χ2n) is 6.27. The minimum atomic E-state index is -0.972. The van der Waals surface area contributed by atoms with E-state index < -0.39 is 5.97 Å². The topological polar surface area (TPSA) is 75.6 Å². The van der Waals surface area contributed by atoms with Gasteiger partial charge in [0.1, 0.15) is 0 Å². The predicted octanol–water partition coefficient (Wildman–Crippen LogP) is 3.80. The van der Waals surface area contributed by atoms with Crippen molar-refractivity contribution in [1.82, 2.24) is 0 Å². The smallest absolute Gasteiger partial charge is 0.335 e. The first-order valence-corrected chi connectivity index (χ1v) is 8.37. The van der Waals surface area contributed by atoms with E-state index in [-0.39, 0.29) is 23.5 Å². The van der Waals surface area contributed by atoms with Crippen molar-refractivity contribution in [2.75, 3.05) is 11.9 Å². The van der Waals surface area contributed by atoms with Crippen LogP contribution in [-0.4, -0.2) is 23.6 Å². The molecule has 5 nitrogen and oxygen atoms in total. The third kappa shape index (κ3) is 3.88. The molecule has 25 heavy (non-hydrogen) atoms. The monoisotopic (exact) mass is 339 g/mol. The molecule has 0 spiro atoms. The molecule has 1 saturated heterocycles. The summed E-state index contributed by atoms with van der Waals surface area (Å²) in [7, 11) is 0. The van der Waals surface area contributed by atoms with Crippen molar-refractivity contribution in [1.29, 1.82) is 0 Å². The lowest BCUT2D eigenvalue weighted by atomic mass is 9.88. The van der Waals surface area contributed by atoms with Crippen molar-refractivity contribution >= 4 is 17.6 Å². The van der Waals surface area contributed by atoms with Crippen LogP contribution in [0.3, 0.4) is 0 Å². The van der Waals surface area contributed by atoms with Gasteiger partial charge in [-0.05, 0) is 49.1 Å². The standard InChI is InChI=1S/C20H21NO4/c1-13-12-15(9-10-16(13)20(23)24)21-19(22)17-8-5-11-25-18(17)14-6-3-2-4-7-14/h2-4,6-7,9-10,12,17-18H,5,8,11H2,1H3,(H,21,22)(H,23,24). The second-order valence-corrected chi connectivity index (χ2v) is 6.27. The highest BCUT2D eigenvalue weighted by molar-refractivity contribution is 5.95. The molecule has 2 aromatic carbocycles. The van der Waals surface area contributed by atoms with Gasteiger partial charge in [-0.2, -0.15) is 0 Å². The van der Waals surface area contributed by atoms with Gasteiger partial charge in [-0.15, -0.1) is 0 Å². The summed E-state index contributed by atoms with van der Waals surface area (Å²) in [6.07, 6.45) is 1.35. The van der Waals surface area contributed by atoms with Gasteiger partial charge in [-0.1, -0.05) is 30.3 Å². The number of carbonyl (C=O) groups excluding carboxylic acids is 1. The number of carbonyl (C=O) groups is 2. The lowest BCUT2D eigenvalue weighted by Gasteiger charge is -2.31. The molecule has 0 bridgehead atoms. The average Bonchev–Trinajstić information content (AvgIpc) is 2.62. The van der Waals surface area contributed by atoms with E-state index in [1.54, 1.807) is 19.1 Å². The third-order valence-corrected chi connectivity index (χ3v) is 4.51. The summed E-state index contributed by atoms with van der Waals surface area (Å²) in [5.74, 6) is -1.34. The number of rotatable bonds is 4. The molecule has 0 aliphatic carbocycles. The Morgan fingerprint density at radius 1 is 1.16 bits per heavy atom. The van der Waals surface area contributed by atoms with Crippen LogP contribution < -0.4 is 5.32 Å². The molecule has 1 aliphatic rings. The van der Waals surface area contributed by atoms with E-state index >= 15 is 0 Å². The molecule has 2 unspecified atom stereocenters. The van der Waals surface area contributed by atoms with Crippen LogP contribution in [0.25, 0.3) is 0 Å². The number of carboxylic acid groups (broad SMARTS) is 1. The largest absolute Gasteiger partial charge is 0.478 e. The number of aromatic carboxylic acids is 1. The molecule has 2 aromatic rings. The average molecular weight is 339 g/mol. The van der Waals surface area contributed by atoms with E-state index in [4.69, 9.17) is 9.84 Å². The van der Waals surface area contributed by atoms with Gasteiger partial charge in [0.25, 0.3) is 0 Å². The Labute approximate surface area is 146 Å². The number of anilines is 1. The molecule has 130 valence electrons. The summed E-state index contributed by atoms with van der Waals surface area (Å²) in [5.41, 5.74) is 2.45. The normalized spacial score (nSPS) is 20.0. The molecule has 2 N–H and O–H groups in total. The Bertz CT molecular complexity index is 773. The van der Waals surface area contributed by atoms with E-state index in [1.807, 2.05) is 30.3 Å². The van der Waals surface area contributed by atoms with Gasteiger partial charge < -0.3 is 15.2 Å². The number of benzene rings is 2. The van der Waals surface area contributed by atoms with Crippen LogP contribution in [0.15, 0.2) is 48.5 Å². The number of hydrogen-bond donors (Lipinski definition) is 2. The highest BCUT2D eigenvalue weighted by Gasteiger charge is 2.33. The maximum absolute atomic E-state index is 12.8. The van der Waals surface area contributed by atoms with Crippen LogP contribution in [-0.2, 0) is 9.53 Å². The number of nitrogens with one attached hydrogen (secondary N) is 1. The first-order valence-electron chi connectivity index (χ1n) is 8.37. The molecule has 1 fully saturated rings. The van der Waals surface area contributed by atoms with Crippen LogP contribution in [0, 0.1) is 12.8 Å². The Hall–Kier alpha value is -2.66. The Kier molecular flexibility index (Phi) is 5.14. The van der Waals surface area contributed by atoms with Gasteiger partial charge in [0.2, 0.25) is 5.91 Å². The molecule has 0 aromatic heterocycles. The maximum atomic E-state index is 12.8. The Balaban J connectivity index is 1.77. The number of hydrogen-bond acceptors (Lipinski definition) is 3. The predicted molar refractivity (Wildman–Crippen MR) is 94.6 cm³/mol. The molecule has 3 rings (SSSR count). The lowest BCUT2D eigenvalue weighted by Crippen LogP contribution is -2.33. The quantitative estimate of drug-likeness (QED) is 0.888. The number of aryl methyl sites for hydroxylation is 1. The molecule has 1 heterocycles. The first kappa shape index (κ1) is 17.2. The summed E-state index contributed by atoms with van der Waals surface area (Å²) in [6, 6.07) is 14.6. The van der Waals surface area contributed by atoms with Crippen LogP contribution in [0.5, 0.6) is 0 Å². The fraction of sp³-hybridized carbons (Fsp3) is 0.300. The van der Waals surface area contributed by atoms with Gasteiger partial charge in [-0.3, -0.25) is 4.79 Å². The maximum Gasteiger partial charge on any atom is 0.335 e. The van der Waals surface area contributed by atoms with E-state index in [0.717, 1.165) is 18.4 Å². The minimum Gasteiger partial charge on any atom is -0.478 e. The Morgan fingerprint density at radius 3 is 2.60 bits per heavy atom. The number of amides is 1. The molecule has 1 aliphatic heterocycles. The SMILES string of the molecule is Cc1cc(NC(=O)C2CCCOC2c2ccccc2)ccc1C(=O)O. The summed E-state index contributed by atoms with van der Waals surface area (Å²) in [4.78, 5) is 23.9. The van der Waals surface area contributed by atoms with Crippen LogP contribution >= 0.6 is 0 Å². The molecule has 0 radical (unpaired) electrons. The lowest BCUT2D eigenvalue weighted by molar-refractivity contribution is -0.129. The third-order valence-electron chi connectivity index (χ3n) is 4.51. The summed E-state index contributed by atoms with van der Waals surface area (Å²) < 4.78 is 5.87. The minimum absolute atomic E-state index is 0.101. The van der Waals surface area contributed by atoms with Gasteiger partial charge in [0.05, 0.1) is 17.6 Å². The first-order chi connectivity index (χ1) is 12.1. The van der Waals surface area contributed by atoms with Crippen molar-refractivity contribution in [2.24, 2.45) is 5.92 Å². The molecule has 1 amide bonds. The highest BCUT2D eigenvalue weighted by atomic mass is 16.5. The van der Waals surface area contributed by atoms with Crippen molar-refractivity contribution in [2.45, 2.75) is 25.9 Å². The zero-order chi connectivity index (χ0) is 17.8. The summed E-state index contributed by atoms with van der Waals surface area (Å²) in [5, 5.41) is 12.0. The number of ether oxygens (including phenoxy) is 1. The van der Waals surface area contributed by atoms with Crippen LogP contribution in [0.1, 0.15) is 40.4 Å². The van der Waals surface area contributed by atoms with Gasteiger partial charge in [0, 0.05) is 12.3 Å². The van der Waals surface area contributed by atoms with Crippen molar-refractivity contribution < 1.29 is 19.4 Å². The van der Waals surface area contributed by atoms with Gasteiger partial charge in [-0.25, -0.2) is 4.79 Å². The molecule has 5 heteroatoms. The second kappa shape index (κ2) is 7.49. The van der Waals surface area contributed by atoms with Gasteiger partial charge >= 0.3 is 5.97 Å². The fourth-order valence-electron chi connectivity index (χ4n) is 3.24. The zero-order valence-electron chi connectivity index (χ0n) is 14.1. The van der Waals surface area contributed by atoms with Crippen molar-refractivity contribution in [3.8, 4) is 0 Å². The van der Waals surface area contributed by atoms with Crippen molar-refractivity contribution in [3.05, 3.63) is 65.2 Å². The van der Waals surface area contributed by atoms with E-state index in [0.29, 0.717) is 17.9 Å². The molecular weight excluding hydrogens is 318 g/mol. The molecule has 2 atom stereocenters. The van der Waals surface area contributed by atoms with Gasteiger partial charge in [0.15, 0.2) is 0 Å². The highest BCUT2D eigenvalue weighted by Crippen LogP contribution is 2.34. The number of carboxylic acids is 1.